The van der Waals surface area contributed by atoms with Gasteiger partial charge in [0.05, 0.1) is 0 Å². The fourth-order valence-corrected chi connectivity index (χ4v) is 49.5. The third-order valence-corrected chi connectivity index (χ3v) is 41.6. The zero-order valence-electron chi connectivity index (χ0n) is 17.2. The minimum Gasteiger partial charge on any atom is -1.00 e. The molecule has 0 aromatic heterocycles. The SMILES string of the molecule is C[C]1(C)[C](C)(C)[Hf+2]1([CH]1CCC2C=CC=CC21)[CH]1CCC2C=CC=CC21.[Cl-].[Cl-]. The molecule has 148 valence electrons. The first-order chi connectivity index (χ1) is 11.9. The van der Waals surface area contributed by atoms with Gasteiger partial charge in [0.1, 0.15) is 0 Å². The predicted molar refractivity (Wildman–Crippen MR) is 105 cm³/mol. The van der Waals surface area contributed by atoms with Crippen molar-refractivity contribution in [2.45, 2.75) is 67.1 Å². The van der Waals surface area contributed by atoms with Crippen LogP contribution in [0.15, 0.2) is 48.6 Å². The Morgan fingerprint density at radius 1 is 0.593 bits per heavy atom. The van der Waals surface area contributed by atoms with Crippen LogP contribution in [0.1, 0.15) is 53.4 Å². The summed E-state index contributed by atoms with van der Waals surface area (Å²) in [5.41, 5.74) is 0. The van der Waals surface area contributed by atoms with Crippen LogP contribution in [0, 0.1) is 23.7 Å². The Kier molecular flexibility index (Phi) is 5.96. The molecule has 0 amide bonds. The Morgan fingerprint density at radius 2 is 0.963 bits per heavy atom. The van der Waals surface area contributed by atoms with Crippen molar-refractivity contribution in [3.05, 3.63) is 48.6 Å². The molecule has 1 saturated heterocycles. The van der Waals surface area contributed by atoms with Gasteiger partial charge in [-0.25, -0.2) is 0 Å². The van der Waals surface area contributed by atoms with Gasteiger partial charge in [-0.15, -0.1) is 0 Å². The average Bonchev–Trinajstić information content (AvgIpc) is 3.07. The third-order valence-electron chi connectivity index (χ3n) is 9.88. The van der Waals surface area contributed by atoms with Gasteiger partial charge in [-0.2, -0.15) is 0 Å². The monoisotopic (exact) mass is 572 g/mol. The number of halogens is 2. The summed E-state index contributed by atoms with van der Waals surface area (Å²) in [4.78, 5) is 0. The zero-order chi connectivity index (χ0) is 17.4. The van der Waals surface area contributed by atoms with Crippen molar-refractivity contribution in [2.24, 2.45) is 23.7 Å². The first kappa shape index (κ1) is 22.1. The van der Waals surface area contributed by atoms with Gasteiger partial charge in [0.2, 0.25) is 0 Å². The van der Waals surface area contributed by atoms with E-state index in [1.54, 1.807) is 0 Å². The van der Waals surface area contributed by atoms with Gasteiger partial charge >= 0.3 is 159 Å². The molecule has 0 spiro atoms. The van der Waals surface area contributed by atoms with E-state index in [9.17, 15) is 0 Å². The van der Waals surface area contributed by atoms with Gasteiger partial charge in [0.15, 0.2) is 0 Å². The molecule has 5 rings (SSSR count). The quantitative estimate of drug-likeness (QED) is 0.440. The topological polar surface area (TPSA) is 0 Å². The molecular formula is C24H34Cl2Hf. The van der Waals surface area contributed by atoms with Crippen LogP contribution >= 0.6 is 0 Å². The van der Waals surface area contributed by atoms with Crippen LogP contribution in [0.4, 0.5) is 0 Å². The van der Waals surface area contributed by atoms with Crippen LogP contribution in [0.5, 0.6) is 0 Å². The number of allylic oxidation sites excluding steroid dienone is 8. The molecule has 1 heterocycles. The second-order valence-corrected chi connectivity index (χ2v) is 31.1. The summed E-state index contributed by atoms with van der Waals surface area (Å²) >= 11 is -2.59. The van der Waals surface area contributed by atoms with Crippen molar-refractivity contribution in [3.63, 3.8) is 0 Å². The zero-order valence-corrected chi connectivity index (χ0v) is 22.3. The van der Waals surface area contributed by atoms with E-state index < -0.39 is 20.0 Å². The third kappa shape index (κ3) is 2.63. The molecule has 0 radical (unpaired) electrons. The van der Waals surface area contributed by atoms with Crippen LogP contribution in [-0.4, -0.2) is 0 Å². The Morgan fingerprint density at radius 3 is 1.33 bits per heavy atom. The summed E-state index contributed by atoms with van der Waals surface area (Å²) in [7, 11) is 0. The Hall–Kier alpha value is 0.410. The molecule has 3 heteroatoms. The minimum atomic E-state index is -2.59. The first-order valence-electron chi connectivity index (χ1n) is 10.6. The summed E-state index contributed by atoms with van der Waals surface area (Å²) in [6.45, 7) is 10.8. The summed E-state index contributed by atoms with van der Waals surface area (Å²) in [5.74, 6) is 3.49. The van der Waals surface area contributed by atoms with Crippen LogP contribution in [0.25, 0.3) is 0 Å². The molecule has 2 saturated carbocycles. The average molecular weight is 572 g/mol. The van der Waals surface area contributed by atoms with Gasteiger partial charge in [0.25, 0.3) is 0 Å². The molecule has 5 aliphatic rings. The maximum atomic E-state index is 2.69. The van der Waals surface area contributed by atoms with Gasteiger partial charge in [-0.3, -0.25) is 0 Å². The largest absolute Gasteiger partial charge is 1.00 e. The van der Waals surface area contributed by atoms with Gasteiger partial charge in [-0.1, -0.05) is 0 Å². The summed E-state index contributed by atoms with van der Waals surface area (Å²) in [6, 6.07) is 0. The number of hydrogen-bond acceptors (Lipinski definition) is 0. The Bertz CT molecular complexity index is 639. The Balaban J connectivity index is 0.00000105. The summed E-state index contributed by atoms with van der Waals surface area (Å²) in [5, 5.41) is 0. The molecular weight excluding hydrogens is 538 g/mol. The molecule has 0 bridgehead atoms. The standard InChI is InChI=1S/2C9H11.C6H12.2ClH.Hf/c2*1-2-5-9-7-3-6-8(9)4-1;1-5(2)6(3)4;;;/h2*1-2,4-6,8-9H,3,7H2;1-4H3;2*1H;/q;;;;;+2/p-2. The van der Waals surface area contributed by atoms with Gasteiger partial charge in [-0.05, 0) is 0 Å². The minimum absolute atomic E-state index is 0. The predicted octanol–water partition coefficient (Wildman–Crippen LogP) is 1.44. The molecule has 1 aliphatic heterocycles. The summed E-state index contributed by atoms with van der Waals surface area (Å²) in [6.07, 6.45) is 25.7. The van der Waals surface area contributed by atoms with E-state index in [4.69, 9.17) is 0 Å². The second kappa shape index (κ2) is 7.28. The van der Waals surface area contributed by atoms with Crippen molar-refractivity contribution >= 4 is 0 Å². The van der Waals surface area contributed by atoms with E-state index in [0.717, 1.165) is 31.0 Å². The first-order valence-corrected chi connectivity index (χ1v) is 18.4. The molecule has 6 unspecified atom stereocenters. The van der Waals surface area contributed by atoms with E-state index >= 15 is 0 Å². The van der Waals surface area contributed by atoms with Crippen molar-refractivity contribution in [1.82, 2.24) is 0 Å². The fraction of sp³-hybridized carbons (Fsp3) is 0.667. The van der Waals surface area contributed by atoms with Gasteiger partial charge in [0, 0.05) is 0 Å². The normalized spacial score (nSPS) is 42.2. The maximum absolute atomic E-state index is 2.69. The molecule has 27 heavy (non-hydrogen) atoms. The van der Waals surface area contributed by atoms with E-state index in [1.165, 1.54) is 25.7 Å². The second-order valence-electron chi connectivity index (χ2n) is 10.5. The molecule has 6 atom stereocenters. The van der Waals surface area contributed by atoms with Crippen LogP contribution in [0.2, 0.25) is 13.7 Å². The van der Waals surface area contributed by atoms with Crippen molar-refractivity contribution in [3.8, 4) is 0 Å². The van der Waals surface area contributed by atoms with Crippen LogP contribution < -0.4 is 24.8 Å². The fourth-order valence-electron chi connectivity index (χ4n) is 8.50. The summed E-state index contributed by atoms with van der Waals surface area (Å²) < 4.78 is 3.52. The molecule has 4 aliphatic carbocycles. The number of fused-ring (bicyclic) bond motifs is 2. The Labute approximate surface area is 183 Å². The van der Waals surface area contributed by atoms with E-state index in [1.807, 2.05) is 0 Å². The van der Waals surface area contributed by atoms with Crippen molar-refractivity contribution in [1.29, 1.82) is 0 Å². The smallest absolute Gasteiger partial charge is 1.00 e. The van der Waals surface area contributed by atoms with Crippen molar-refractivity contribution in [2.75, 3.05) is 0 Å². The number of rotatable bonds is 2. The van der Waals surface area contributed by atoms with Gasteiger partial charge < -0.3 is 24.8 Å². The molecule has 0 nitrogen and oxygen atoms in total. The maximum Gasteiger partial charge on any atom is -1.00 e. The molecule has 0 aromatic carbocycles. The van der Waals surface area contributed by atoms with Crippen LogP contribution in [0.3, 0.4) is 0 Å². The molecule has 0 N–H and O–H groups in total. The van der Waals surface area contributed by atoms with Crippen LogP contribution in [-0.2, 0) is 20.0 Å². The molecule has 3 fully saturated rings. The molecule has 0 aromatic rings. The van der Waals surface area contributed by atoms with Crippen molar-refractivity contribution < 1.29 is 44.8 Å². The van der Waals surface area contributed by atoms with E-state index in [2.05, 4.69) is 76.3 Å². The van der Waals surface area contributed by atoms with E-state index in [-0.39, 0.29) is 24.8 Å². The van der Waals surface area contributed by atoms with E-state index in [0.29, 0.717) is 6.34 Å². The number of hydrogen-bond donors (Lipinski definition) is 0.